The first-order valence-corrected chi connectivity index (χ1v) is 6.74. The Labute approximate surface area is 112 Å². The largest absolute Gasteiger partial charge is 0.490 e. The molecule has 0 aromatic heterocycles. The number of aliphatic hydroxyl groups excluding tert-OH is 1. The van der Waals surface area contributed by atoms with Crippen molar-refractivity contribution in [1.29, 1.82) is 5.26 Å². The summed E-state index contributed by atoms with van der Waals surface area (Å²) in [6, 6.07) is 7.74. The van der Waals surface area contributed by atoms with Crippen molar-refractivity contribution in [3.05, 3.63) is 23.8 Å². The van der Waals surface area contributed by atoms with Crippen molar-refractivity contribution in [2.75, 3.05) is 13.2 Å². The van der Waals surface area contributed by atoms with E-state index in [0.717, 1.165) is 31.2 Å². The van der Waals surface area contributed by atoms with Gasteiger partial charge in [-0.15, -0.1) is 0 Å². The summed E-state index contributed by atoms with van der Waals surface area (Å²) < 4.78 is 11.2. The lowest BCUT2D eigenvalue weighted by atomic mass is 9.64. The summed E-state index contributed by atoms with van der Waals surface area (Å²) in [7, 11) is 0. The van der Waals surface area contributed by atoms with Gasteiger partial charge in [-0.3, -0.25) is 0 Å². The molecule has 0 spiro atoms. The molecule has 0 saturated heterocycles. The van der Waals surface area contributed by atoms with Crippen LogP contribution in [0.2, 0.25) is 0 Å². The molecule has 2 aliphatic rings. The smallest absolute Gasteiger partial charge is 0.161 e. The van der Waals surface area contributed by atoms with Crippen molar-refractivity contribution in [2.45, 2.75) is 31.8 Å². The second-order valence-corrected chi connectivity index (χ2v) is 5.28. The van der Waals surface area contributed by atoms with Crippen LogP contribution in [0.3, 0.4) is 0 Å². The van der Waals surface area contributed by atoms with E-state index in [-0.39, 0.29) is 0 Å². The number of aliphatic hydroxyl groups is 1. The predicted octanol–water partition coefficient (Wildman–Crippen LogP) is 2.58. The van der Waals surface area contributed by atoms with Crippen LogP contribution in [0.5, 0.6) is 11.5 Å². The molecule has 1 N–H and O–H groups in total. The number of benzene rings is 1. The lowest BCUT2D eigenvalue weighted by molar-refractivity contribution is 0.00779. The Kier molecular flexibility index (Phi) is 3.08. The highest BCUT2D eigenvalue weighted by Crippen LogP contribution is 2.50. The Morgan fingerprint density at radius 3 is 2.53 bits per heavy atom. The molecule has 1 fully saturated rings. The van der Waals surface area contributed by atoms with Crippen LogP contribution in [0.25, 0.3) is 0 Å². The second kappa shape index (κ2) is 4.75. The lowest BCUT2D eigenvalue weighted by Gasteiger charge is -2.39. The highest BCUT2D eigenvalue weighted by molar-refractivity contribution is 5.44. The predicted molar refractivity (Wildman–Crippen MR) is 68.9 cm³/mol. The molecule has 4 nitrogen and oxygen atoms in total. The summed E-state index contributed by atoms with van der Waals surface area (Å²) in [5.41, 5.74) is 0.130. The maximum Gasteiger partial charge on any atom is 0.161 e. The van der Waals surface area contributed by atoms with Crippen molar-refractivity contribution in [3.8, 4) is 17.6 Å². The van der Waals surface area contributed by atoms with Crippen molar-refractivity contribution in [2.24, 2.45) is 5.41 Å². The molecule has 1 heterocycles. The molecule has 1 saturated carbocycles. The third-order valence-corrected chi connectivity index (χ3v) is 4.08. The highest BCUT2D eigenvalue weighted by Gasteiger charge is 2.44. The molecule has 3 rings (SSSR count). The van der Waals surface area contributed by atoms with Gasteiger partial charge in [0.2, 0.25) is 0 Å². The number of hydrogen-bond acceptors (Lipinski definition) is 4. The van der Waals surface area contributed by atoms with E-state index in [4.69, 9.17) is 9.47 Å². The maximum atomic E-state index is 10.4. The molecular formula is C15H17NO3. The molecule has 1 unspecified atom stereocenters. The zero-order valence-corrected chi connectivity index (χ0v) is 10.8. The van der Waals surface area contributed by atoms with Crippen LogP contribution in [0, 0.1) is 16.7 Å². The molecule has 100 valence electrons. The number of nitriles is 1. The molecular weight excluding hydrogens is 242 g/mol. The molecule has 4 heteroatoms. The van der Waals surface area contributed by atoms with Gasteiger partial charge in [-0.2, -0.15) is 5.26 Å². The van der Waals surface area contributed by atoms with Crippen LogP contribution in [-0.2, 0) is 0 Å². The summed E-state index contributed by atoms with van der Waals surface area (Å²) in [4.78, 5) is 0. The first-order chi connectivity index (χ1) is 9.25. The summed E-state index contributed by atoms with van der Waals surface area (Å²) >= 11 is 0. The first-order valence-electron chi connectivity index (χ1n) is 6.74. The minimum absolute atomic E-state index is 0.611. The van der Waals surface area contributed by atoms with E-state index in [9.17, 15) is 10.4 Å². The average molecular weight is 259 g/mol. The Hall–Kier alpha value is -1.73. The van der Waals surface area contributed by atoms with Gasteiger partial charge in [0.25, 0.3) is 0 Å². The Morgan fingerprint density at radius 1 is 1.16 bits per heavy atom. The van der Waals surface area contributed by atoms with E-state index in [1.165, 1.54) is 0 Å². The Bertz CT molecular complexity index is 517. The second-order valence-electron chi connectivity index (χ2n) is 5.28. The highest BCUT2D eigenvalue weighted by atomic mass is 16.5. The fourth-order valence-electron chi connectivity index (χ4n) is 2.67. The van der Waals surface area contributed by atoms with Crippen molar-refractivity contribution in [1.82, 2.24) is 0 Å². The van der Waals surface area contributed by atoms with Gasteiger partial charge >= 0.3 is 0 Å². The molecule has 0 bridgehead atoms. The molecule has 1 aromatic rings. The van der Waals surface area contributed by atoms with Crippen LogP contribution in [0.1, 0.15) is 37.4 Å². The van der Waals surface area contributed by atoms with E-state index in [1.807, 2.05) is 18.2 Å². The van der Waals surface area contributed by atoms with E-state index >= 15 is 0 Å². The molecule has 1 aromatic carbocycles. The monoisotopic (exact) mass is 259 g/mol. The van der Waals surface area contributed by atoms with Crippen LogP contribution < -0.4 is 9.47 Å². The summed E-state index contributed by atoms with van der Waals surface area (Å²) in [6.45, 7) is 1.27. The van der Waals surface area contributed by atoms with Gasteiger partial charge in [-0.1, -0.05) is 12.5 Å². The number of hydrogen-bond donors (Lipinski definition) is 1. The standard InChI is InChI=1S/C15H17NO3/c16-10-15(5-1-6-15)14(17)11-3-4-12-13(9-11)19-8-2-7-18-12/h3-4,9,14,17H,1-2,5-8H2. The molecule has 0 amide bonds. The maximum absolute atomic E-state index is 10.4. The Morgan fingerprint density at radius 2 is 1.89 bits per heavy atom. The van der Waals surface area contributed by atoms with Gasteiger partial charge < -0.3 is 14.6 Å². The molecule has 19 heavy (non-hydrogen) atoms. The topological polar surface area (TPSA) is 62.5 Å². The molecule has 1 atom stereocenters. The van der Waals surface area contributed by atoms with Gasteiger partial charge in [-0.25, -0.2) is 0 Å². The minimum atomic E-state index is -0.747. The van der Waals surface area contributed by atoms with Crippen molar-refractivity contribution < 1.29 is 14.6 Å². The first kappa shape index (κ1) is 12.3. The SMILES string of the molecule is N#CC1(C(O)c2ccc3c(c2)OCCCO3)CCC1. The number of ether oxygens (including phenoxy) is 2. The summed E-state index contributed by atoms with van der Waals surface area (Å²) in [5, 5.41) is 19.7. The zero-order chi connectivity index (χ0) is 13.3. The lowest BCUT2D eigenvalue weighted by Crippen LogP contribution is -2.34. The fourth-order valence-corrected chi connectivity index (χ4v) is 2.67. The van der Waals surface area contributed by atoms with Crippen molar-refractivity contribution in [3.63, 3.8) is 0 Å². The van der Waals surface area contributed by atoms with E-state index in [2.05, 4.69) is 6.07 Å². The quantitative estimate of drug-likeness (QED) is 0.886. The minimum Gasteiger partial charge on any atom is -0.490 e. The van der Waals surface area contributed by atoms with E-state index < -0.39 is 11.5 Å². The van der Waals surface area contributed by atoms with Gasteiger partial charge in [0.1, 0.15) is 0 Å². The van der Waals surface area contributed by atoms with Gasteiger partial charge in [0.15, 0.2) is 11.5 Å². The van der Waals surface area contributed by atoms with E-state index in [0.29, 0.717) is 24.7 Å². The van der Waals surface area contributed by atoms with Crippen LogP contribution >= 0.6 is 0 Å². The summed E-state index contributed by atoms with van der Waals surface area (Å²) in [5.74, 6) is 1.38. The normalized spacial score (nSPS) is 21.7. The summed E-state index contributed by atoms with van der Waals surface area (Å²) in [6.07, 6.45) is 2.64. The van der Waals surface area contributed by atoms with Gasteiger partial charge in [-0.05, 0) is 30.5 Å². The van der Waals surface area contributed by atoms with E-state index in [1.54, 1.807) is 0 Å². The van der Waals surface area contributed by atoms with Crippen molar-refractivity contribution >= 4 is 0 Å². The third-order valence-electron chi connectivity index (χ3n) is 4.08. The number of rotatable bonds is 2. The van der Waals surface area contributed by atoms with Gasteiger partial charge in [0, 0.05) is 6.42 Å². The third kappa shape index (κ3) is 2.04. The Balaban J connectivity index is 1.89. The average Bonchev–Trinajstić information content (AvgIpc) is 2.62. The van der Waals surface area contributed by atoms with Crippen LogP contribution in [-0.4, -0.2) is 18.3 Å². The van der Waals surface area contributed by atoms with Crippen LogP contribution in [0.4, 0.5) is 0 Å². The number of nitrogens with zero attached hydrogens (tertiary/aromatic N) is 1. The van der Waals surface area contributed by atoms with Gasteiger partial charge in [0.05, 0.1) is 30.8 Å². The molecule has 1 aliphatic heterocycles. The van der Waals surface area contributed by atoms with Crippen LogP contribution in [0.15, 0.2) is 18.2 Å². The fraction of sp³-hybridized carbons (Fsp3) is 0.533. The zero-order valence-electron chi connectivity index (χ0n) is 10.8. The molecule has 0 radical (unpaired) electrons. The number of fused-ring (bicyclic) bond motifs is 1. The molecule has 1 aliphatic carbocycles.